The van der Waals surface area contributed by atoms with Gasteiger partial charge in [-0.2, -0.15) is 0 Å². The van der Waals surface area contributed by atoms with Crippen LogP contribution in [-0.2, 0) is 6.54 Å². The molecule has 0 unspecified atom stereocenters. The number of rotatable bonds is 5. The van der Waals surface area contributed by atoms with Crippen LogP contribution in [0, 0.1) is 0 Å². The summed E-state index contributed by atoms with van der Waals surface area (Å²) in [6.45, 7) is 0.597. The summed E-state index contributed by atoms with van der Waals surface area (Å²) >= 11 is 6.03. The number of hydrogen-bond donors (Lipinski definition) is 1. The first kappa shape index (κ1) is 15.3. The first-order valence-electron chi connectivity index (χ1n) is 6.93. The molecule has 0 amide bonds. The zero-order chi connectivity index (χ0) is 16.2. The molecule has 1 N–H and O–H groups in total. The standard InChI is InChI=1S/C16H15ClN4O2/c1-22-13-7-11-12(8-14(13)23-2)20-16(17)21-15(11)19-9-10-3-5-18-6-4-10/h3-8H,9H2,1-2H3,(H,19,20,21). The van der Waals surface area contributed by atoms with Crippen molar-refractivity contribution in [3.63, 3.8) is 0 Å². The Balaban J connectivity index is 2.01. The van der Waals surface area contributed by atoms with E-state index in [4.69, 9.17) is 21.1 Å². The van der Waals surface area contributed by atoms with Crippen LogP contribution in [-0.4, -0.2) is 29.2 Å². The number of anilines is 1. The number of ether oxygens (including phenoxy) is 2. The average molecular weight is 331 g/mol. The lowest BCUT2D eigenvalue weighted by Gasteiger charge is -2.12. The highest BCUT2D eigenvalue weighted by Crippen LogP contribution is 2.34. The maximum absolute atomic E-state index is 6.03. The summed E-state index contributed by atoms with van der Waals surface area (Å²) in [7, 11) is 3.17. The highest BCUT2D eigenvalue weighted by molar-refractivity contribution is 6.28. The summed E-state index contributed by atoms with van der Waals surface area (Å²) in [5.74, 6) is 1.84. The molecule has 2 heterocycles. The molecule has 0 aliphatic carbocycles. The third-order valence-electron chi connectivity index (χ3n) is 3.38. The van der Waals surface area contributed by atoms with Gasteiger partial charge in [0.25, 0.3) is 0 Å². The fourth-order valence-corrected chi connectivity index (χ4v) is 2.42. The normalized spacial score (nSPS) is 10.6. The van der Waals surface area contributed by atoms with Gasteiger partial charge in [0.05, 0.1) is 19.7 Å². The van der Waals surface area contributed by atoms with Crippen LogP contribution in [0.2, 0.25) is 5.28 Å². The number of pyridine rings is 1. The van der Waals surface area contributed by atoms with Crippen molar-refractivity contribution >= 4 is 28.3 Å². The summed E-state index contributed by atoms with van der Waals surface area (Å²) in [5, 5.41) is 4.25. The Morgan fingerprint density at radius 2 is 1.74 bits per heavy atom. The zero-order valence-electron chi connectivity index (χ0n) is 12.7. The first-order valence-corrected chi connectivity index (χ1v) is 7.31. The Kier molecular flexibility index (Phi) is 4.43. The third-order valence-corrected chi connectivity index (χ3v) is 3.55. The summed E-state index contributed by atoms with van der Waals surface area (Å²) < 4.78 is 10.6. The van der Waals surface area contributed by atoms with Gasteiger partial charge in [-0.25, -0.2) is 9.97 Å². The number of benzene rings is 1. The Morgan fingerprint density at radius 1 is 1.04 bits per heavy atom. The van der Waals surface area contributed by atoms with E-state index in [0.29, 0.717) is 29.4 Å². The van der Waals surface area contributed by atoms with Crippen LogP contribution in [0.15, 0.2) is 36.7 Å². The quantitative estimate of drug-likeness (QED) is 0.724. The molecular weight excluding hydrogens is 316 g/mol. The molecule has 3 rings (SSSR count). The molecule has 0 saturated carbocycles. The van der Waals surface area contributed by atoms with Crippen LogP contribution in [0.5, 0.6) is 11.5 Å². The number of fused-ring (bicyclic) bond motifs is 1. The SMILES string of the molecule is COc1cc2nc(Cl)nc(NCc3ccncc3)c2cc1OC. The van der Waals surface area contributed by atoms with Crippen molar-refractivity contribution in [1.29, 1.82) is 0 Å². The number of methoxy groups -OCH3 is 2. The van der Waals surface area contributed by atoms with Crippen LogP contribution in [0.4, 0.5) is 5.82 Å². The van der Waals surface area contributed by atoms with E-state index in [-0.39, 0.29) is 5.28 Å². The van der Waals surface area contributed by atoms with Gasteiger partial charge in [0.15, 0.2) is 11.5 Å². The Labute approximate surface area is 138 Å². The second-order valence-electron chi connectivity index (χ2n) is 4.77. The van der Waals surface area contributed by atoms with Crippen molar-refractivity contribution in [1.82, 2.24) is 15.0 Å². The minimum atomic E-state index is 0.168. The summed E-state index contributed by atoms with van der Waals surface area (Å²) in [6.07, 6.45) is 3.49. The van der Waals surface area contributed by atoms with Gasteiger partial charge < -0.3 is 14.8 Å². The summed E-state index contributed by atoms with van der Waals surface area (Å²) in [4.78, 5) is 12.5. The second-order valence-corrected chi connectivity index (χ2v) is 5.11. The molecule has 1 aromatic carbocycles. The lowest BCUT2D eigenvalue weighted by molar-refractivity contribution is 0.356. The predicted octanol–water partition coefficient (Wildman–Crippen LogP) is 3.31. The number of halogens is 1. The van der Waals surface area contributed by atoms with E-state index >= 15 is 0 Å². The van der Waals surface area contributed by atoms with E-state index in [1.165, 1.54) is 0 Å². The largest absolute Gasteiger partial charge is 0.493 e. The molecule has 0 atom stereocenters. The lowest BCUT2D eigenvalue weighted by Crippen LogP contribution is -2.04. The van der Waals surface area contributed by atoms with E-state index in [1.807, 2.05) is 18.2 Å². The van der Waals surface area contributed by atoms with Crippen molar-refractivity contribution in [2.75, 3.05) is 19.5 Å². The molecule has 23 heavy (non-hydrogen) atoms. The van der Waals surface area contributed by atoms with Crippen molar-refractivity contribution < 1.29 is 9.47 Å². The fraction of sp³-hybridized carbons (Fsp3) is 0.188. The maximum Gasteiger partial charge on any atom is 0.224 e. The molecule has 3 aromatic rings. The molecule has 0 aliphatic heterocycles. The molecule has 0 spiro atoms. The smallest absolute Gasteiger partial charge is 0.224 e. The molecule has 0 aliphatic rings. The first-order chi connectivity index (χ1) is 11.2. The monoisotopic (exact) mass is 330 g/mol. The minimum absolute atomic E-state index is 0.168. The Morgan fingerprint density at radius 3 is 2.43 bits per heavy atom. The highest BCUT2D eigenvalue weighted by atomic mass is 35.5. The van der Waals surface area contributed by atoms with Crippen LogP contribution in [0.1, 0.15) is 5.56 Å². The average Bonchev–Trinajstić information content (AvgIpc) is 2.59. The number of nitrogens with one attached hydrogen (secondary N) is 1. The van der Waals surface area contributed by atoms with E-state index in [0.717, 1.165) is 10.9 Å². The van der Waals surface area contributed by atoms with Gasteiger partial charge in [-0.15, -0.1) is 0 Å². The molecule has 2 aromatic heterocycles. The zero-order valence-corrected chi connectivity index (χ0v) is 13.5. The number of nitrogens with zero attached hydrogens (tertiary/aromatic N) is 3. The van der Waals surface area contributed by atoms with Gasteiger partial charge in [-0.3, -0.25) is 4.98 Å². The van der Waals surface area contributed by atoms with Gasteiger partial charge >= 0.3 is 0 Å². The molecule has 0 radical (unpaired) electrons. The maximum atomic E-state index is 6.03. The molecule has 0 bridgehead atoms. The lowest BCUT2D eigenvalue weighted by atomic mass is 10.2. The number of hydrogen-bond acceptors (Lipinski definition) is 6. The van der Waals surface area contributed by atoms with Gasteiger partial charge in [0, 0.05) is 30.4 Å². The molecular formula is C16H15ClN4O2. The van der Waals surface area contributed by atoms with E-state index in [2.05, 4.69) is 20.3 Å². The van der Waals surface area contributed by atoms with Crippen molar-refractivity contribution in [3.8, 4) is 11.5 Å². The Hall–Kier alpha value is -2.60. The van der Waals surface area contributed by atoms with Crippen molar-refractivity contribution in [2.24, 2.45) is 0 Å². The molecule has 6 nitrogen and oxygen atoms in total. The van der Waals surface area contributed by atoms with Gasteiger partial charge in [0.1, 0.15) is 5.82 Å². The highest BCUT2D eigenvalue weighted by Gasteiger charge is 2.12. The van der Waals surface area contributed by atoms with Crippen LogP contribution in [0.25, 0.3) is 10.9 Å². The van der Waals surface area contributed by atoms with E-state index < -0.39 is 0 Å². The van der Waals surface area contributed by atoms with Gasteiger partial charge in [-0.1, -0.05) is 0 Å². The van der Waals surface area contributed by atoms with Crippen molar-refractivity contribution in [2.45, 2.75) is 6.54 Å². The number of aromatic nitrogens is 3. The third kappa shape index (κ3) is 3.27. The topological polar surface area (TPSA) is 69.2 Å². The summed E-state index contributed by atoms with van der Waals surface area (Å²) in [6, 6.07) is 7.47. The van der Waals surface area contributed by atoms with Crippen LogP contribution in [0.3, 0.4) is 0 Å². The predicted molar refractivity (Wildman–Crippen MR) is 89.2 cm³/mol. The molecule has 0 fully saturated rings. The molecule has 7 heteroatoms. The second kappa shape index (κ2) is 6.66. The molecule has 118 valence electrons. The van der Waals surface area contributed by atoms with Gasteiger partial charge in [0.2, 0.25) is 5.28 Å². The van der Waals surface area contributed by atoms with E-state index in [9.17, 15) is 0 Å². The Bertz CT molecular complexity index is 827. The minimum Gasteiger partial charge on any atom is -0.493 e. The fourth-order valence-electron chi connectivity index (χ4n) is 2.25. The summed E-state index contributed by atoms with van der Waals surface area (Å²) in [5.41, 5.74) is 1.77. The van der Waals surface area contributed by atoms with Crippen molar-refractivity contribution in [3.05, 3.63) is 47.5 Å². The van der Waals surface area contributed by atoms with E-state index in [1.54, 1.807) is 32.7 Å². The van der Waals surface area contributed by atoms with Gasteiger partial charge in [-0.05, 0) is 35.4 Å². The molecule has 0 saturated heterocycles. The van der Waals surface area contributed by atoms with Crippen LogP contribution >= 0.6 is 11.6 Å². The van der Waals surface area contributed by atoms with Crippen LogP contribution < -0.4 is 14.8 Å².